The third-order valence-electron chi connectivity index (χ3n) is 6.40. The van der Waals surface area contributed by atoms with Crippen LogP contribution in [0.3, 0.4) is 0 Å². The fraction of sp³-hybridized carbons (Fsp3) is 0.571. The second-order valence-electron chi connectivity index (χ2n) is 8.18. The summed E-state index contributed by atoms with van der Waals surface area (Å²) >= 11 is 5.93. The molecule has 1 aromatic rings. The molecule has 3 saturated heterocycles. The number of hydrogen-bond acceptors (Lipinski definition) is 3. The Balaban J connectivity index is 1.53. The van der Waals surface area contributed by atoms with Gasteiger partial charge in [-0.3, -0.25) is 14.4 Å². The largest absolute Gasteiger partial charge is 0.352 e. The lowest BCUT2D eigenvalue weighted by atomic mass is 9.69. The van der Waals surface area contributed by atoms with Crippen LogP contribution in [0.5, 0.6) is 0 Å². The van der Waals surface area contributed by atoms with Crippen LogP contribution in [0.25, 0.3) is 0 Å². The monoisotopic (exact) mass is 403 g/mol. The van der Waals surface area contributed by atoms with Gasteiger partial charge in [0.1, 0.15) is 0 Å². The van der Waals surface area contributed by atoms with Crippen LogP contribution in [-0.4, -0.2) is 59.7 Å². The zero-order valence-electron chi connectivity index (χ0n) is 16.0. The Kier molecular flexibility index (Phi) is 5.32. The van der Waals surface area contributed by atoms with Crippen LogP contribution < -0.4 is 5.32 Å². The summed E-state index contributed by atoms with van der Waals surface area (Å²) < 4.78 is 0. The van der Waals surface area contributed by atoms with Gasteiger partial charge in [-0.15, -0.1) is 0 Å². The van der Waals surface area contributed by atoms with Crippen molar-refractivity contribution < 1.29 is 14.4 Å². The number of nitrogens with one attached hydrogen (secondary N) is 1. The van der Waals surface area contributed by atoms with Crippen LogP contribution in [0.1, 0.15) is 37.7 Å². The molecule has 4 rings (SSSR count). The van der Waals surface area contributed by atoms with Crippen LogP contribution in [-0.2, 0) is 20.8 Å². The van der Waals surface area contributed by atoms with Crippen molar-refractivity contribution in [3.05, 3.63) is 34.9 Å². The molecule has 1 N–H and O–H groups in total. The molecule has 0 aliphatic carbocycles. The molecular formula is C21H26ClN3O3. The summed E-state index contributed by atoms with van der Waals surface area (Å²) in [4.78, 5) is 42.1. The summed E-state index contributed by atoms with van der Waals surface area (Å²) in [5.74, 6) is 0.140. The fourth-order valence-electron chi connectivity index (χ4n) is 4.82. The number of likely N-dealkylation sites (tertiary alicyclic amines) is 2. The zero-order chi connectivity index (χ0) is 19.7. The number of fused-ring (bicyclic) bond motifs is 1. The first-order valence-electron chi connectivity index (χ1n) is 10.1. The number of hydrogen-bond donors (Lipinski definition) is 1. The van der Waals surface area contributed by atoms with E-state index in [1.807, 2.05) is 21.9 Å². The molecule has 7 heteroatoms. The van der Waals surface area contributed by atoms with Crippen LogP contribution in [0, 0.1) is 5.41 Å². The molecule has 3 aliphatic rings. The highest BCUT2D eigenvalue weighted by Gasteiger charge is 2.54. The topological polar surface area (TPSA) is 69.7 Å². The van der Waals surface area contributed by atoms with Gasteiger partial charge in [0, 0.05) is 43.7 Å². The molecule has 3 amide bonds. The molecule has 0 spiro atoms. The normalized spacial score (nSPS) is 27.3. The number of benzene rings is 1. The second kappa shape index (κ2) is 7.74. The molecular weight excluding hydrogens is 378 g/mol. The molecule has 1 aromatic carbocycles. The molecule has 28 heavy (non-hydrogen) atoms. The van der Waals surface area contributed by atoms with Crippen molar-refractivity contribution in [1.29, 1.82) is 0 Å². The van der Waals surface area contributed by atoms with Crippen molar-refractivity contribution in [3.8, 4) is 0 Å². The maximum absolute atomic E-state index is 13.4. The number of carbonyl (C=O) groups excluding carboxylic acids is 3. The highest BCUT2D eigenvalue weighted by atomic mass is 35.5. The fourth-order valence-corrected chi connectivity index (χ4v) is 4.94. The Labute approximate surface area is 170 Å². The molecule has 0 bridgehead atoms. The summed E-state index contributed by atoms with van der Waals surface area (Å²) in [6, 6.07) is 7.11. The number of carbonyl (C=O) groups is 3. The number of halogens is 1. The van der Waals surface area contributed by atoms with Gasteiger partial charge in [-0.05, 0) is 43.4 Å². The van der Waals surface area contributed by atoms with E-state index in [0.717, 1.165) is 31.5 Å². The summed E-state index contributed by atoms with van der Waals surface area (Å²) in [6.07, 6.45) is 3.83. The minimum Gasteiger partial charge on any atom is -0.352 e. The Morgan fingerprint density at radius 1 is 1.11 bits per heavy atom. The lowest BCUT2D eigenvalue weighted by molar-refractivity contribution is -0.155. The van der Waals surface area contributed by atoms with Crippen molar-refractivity contribution in [2.45, 2.75) is 44.6 Å². The molecule has 150 valence electrons. The van der Waals surface area contributed by atoms with Gasteiger partial charge in [0.2, 0.25) is 17.7 Å². The van der Waals surface area contributed by atoms with Gasteiger partial charge >= 0.3 is 0 Å². The number of rotatable bonds is 3. The molecule has 2 atom stereocenters. The van der Waals surface area contributed by atoms with Crippen LogP contribution in [0.2, 0.25) is 5.02 Å². The maximum Gasteiger partial charge on any atom is 0.232 e. The summed E-state index contributed by atoms with van der Waals surface area (Å²) in [5, 5.41) is 3.68. The molecule has 6 nitrogen and oxygen atoms in total. The molecule has 3 fully saturated rings. The van der Waals surface area contributed by atoms with E-state index in [2.05, 4.69) is 5.32 Å². The molecule has 0 radical (unpaired) electrons. The lowest BCUT2D eigenvalue weighted by Gasteiger charge is -2.50. The second-order valence-corrected chi connectivity index (χ2v) is 8.62. The Bertz CT molecular complexity index is 776. The van der Waals surface area contributed by atoms with Crippen LogP contribution in [0.4, 0.5) is 0 Å². The van der Waals surface area contributed by atoms with Gasteiger partial charge in [-0.1, -0.05) is 23.7 Å². The quantitative estimate of drug-likeness (QED) is 0.839. The predicted molar refractivity (Wildman–Crippen MR) is 106 cm³/mol. The number of nitrogens with zero attached hydrogens (tertiary/aromatic N) is 2. The average Bonchev–Trinajstić information content (AvgIpc) is 3.23. The molecule has 0 aromatic heterocycles. The molecule has 0 saturated carbocycles. The first-order chi connectivity index (χ1) is 13.5. The third kappa shape index (κ3) is 3.62. The Hall–Kier alpha value is -2.08. The number of amides is 3. The Morgan fingerprint density at radius 3 is 2.54 bits per heavy atom. The first-order valence-corrected chi connectivity index (χ1v) is 10.5. The van der Waals surface area contributed by atoms with Crippen molar-refractivity contribution >= 4 is 29.3 Å². The summed E-state index contributed by atoms with van der Waals surface area (Å²) in [5.41, 5.74) is 0.222. The smallest absolute Gasteiger partial charge is 0.232 e. The van der Waals surface area contributed by atoms with E-state index in [0.29, 0.717) is 43.8 Å². The average molecular weight is 404 g/mol. The molecule has 0 unspecified atom stereocenters. The molecule has 3 aliphatic heterocycles. The van der Waals surface area contributed by atoms with Gasteiger partial charge in [-0.2, -0.15) is 0 Å². The van der Waals surface area contributed by atoms with E-state index in [4.69, 9.17) is 11.6 Å². The van der Waals surface area contributed by atoms with Gasteiger partial charge in [0.25, 0.3) is 0 Å². The lowest BCUT2D eigenvalue weighted by Crippen LogP contribution is -2.67. The van der Waals surface area contributed by atoms with E-state index in [9.17, 15) is 14.4 Å². The van der Waals surface area contributed by atoms with Crippen molar-refractivity contribution in [1.82, 2.24) is 15.1 Å². The van der Waals surface area contributed by atoms with Crippen LogP contribution in [0.15, 0.2) is 24.3 Å². The SMILES string of the molecule is O=C1CC[C@]2(C(=O)N3CCCC3)CN(C(=O)Cc3ccc(Cl)cc3)CC[C@H]2N1. The van der Waals surface area contributed by atoms with Gasteiger partial charge in [0.05, 0.1) is 11.8 Å². The van der Waals surface area contributed by atoms with Crippen molar-refractivity contribution in [3.63, 3.8) is 0 Å². The predicted octanol–water partition coefficient (Wildman–Crippen LogP) is 2.00. The van der Waals surface area contributed by atoms with E-state index in [1.165, 1.54) is 0 Å². The van der Waals surface area contributed by atoms with Crippen molar-refractivity contribution in [2.24, 2.45) is 5.41 Å². The van der Waals surface area contributed by atoms with Gasteiger partial charge < -0.3 is 15.1 Å². The third-order valence-corrected chi connectivity index (χ3v) is 6.65. The zero-order valence-corrected chi connectivity index (χ0v) is 16.7. The standard InChI is InChI=1S/C21H26ClN3O3/c22-16-5-3-15(4-6-16)13-19(27)25-12-8-17-21(14-25,9-7-18(26)23-17)20(28)24-10-1-2-11-24/h3-6,17H,1-2,7-14H2,(H,23,26)/t17-,21+/m1/s1. The summed E-state index contributed by atoms with van der Waals surface area (Å²) in [6.45, 7) is 2.51. The molecule has 3 heterocycles. The van der Waals surface area contributed by atoms with E-state index < -0.39 is 5.41 Å². The summed E-state index contributed by atoms with van der Waals surface area (Å²) in [7, 11) is 0. The van der Waals surface area contributed by atoms with Gasteiger partial charge in [-0.25, -0.2) is 0 Å². The van der Waals surface area contributed by atoms with E-state index >= 15 is 0 Å². The minimum absolute atomic E-state index is 0.00999. The highest BCUT2D eigenvalue weighted by molar-refractivity contribution is 6.30. The minimum atomic E-state index is -0.688. The Morgan fingerprint density at radius 2 is 1.82 bits per heavy atom. The van der Waals surface area contributed by atoms with Crippen LogP contribution >= 0.6 is 11.6 Å². The van der Waals surface area contributed by atoms with Crippen molar-refractivity contribution in [2.75, 3.05) is 26.2 Å². The number of piperidine rings is 2. The maximum atomic E-state index is 13.4. The van der Waals surface area contributed by atoms with E-state index in [1.54, 1.807) is 12.1 Å². The van der Waals surface area contributed by atoms with Gasteiger partial charge in [0.15, 0.2) is 0 Å². The highest BCUT2D eigenvalue weighted by Crippen LogP contribution is 2.40. The van der Waals surface area contributed by atoms with E-state index in [-0.39, 0.29) is 23.8 Å². The first kappa shape index (κ1) is 19.2.